The fraction of sp³-hybridized carbons (Fsp3) is 0.577. The van der Waals surface area contributed by atoms with Crippen LogP contribution in [0.4, 0.5) is 4.79 Å². The van der Waals surface area contributed by atoms with Gasteiger partial charge in [-0.1, -0.05) is 57.9 Å². The van der Waals surface area contributed by atoms with Crippen LogP contribution in [0.25, 0.3) is 0 Å². The van der Waals surface area contributed by atoms with E-state index in [4.69, 9.17) is 11.2 Å². The minimum absolute atomic E-state index is 0.0791. The van der Waals surface area contributed by atoms with Crippen molar-refractivity contribution in [3.05, 3.63) is 35.4 Å². The van der Waals surface area contributed by atoms with Gasteiger partial charge in [0.2, 0.25) is 5.91 Å². The standard InChI is InChI=1S/C26H39N3O4/c1-10-14-19(6)27-23(30)22(20-16-13-12-15-18(20)5)29(11-2)24(31)21(17(3)4)28-25(32)33-26(7,8)9/h2,12-13,15-17,19,21-22H,10,14H2,1,3-9H3,(H,27,30)(H,28,32). The third kappa shape index (κ3) is 8.45. The minimum atomic E-state index is -1.04. The highest BCUT2D eigenvalue weighted by Gasteiger charge is 2.37. The van der Waals surface area contributed by atoms with Gasteiger partial charge in [0.15, 0.2) is 0 Å². The van der Waals surface area contributed by atoms with Crippen molar-refractivity contribution in [2.24, 2.45) is 5.92 Å². The van der Waals surface area contributed by atoms with Crippen molar-refractivity contribution in [3.63, 3.8) is 0 Å². The van der Waals surface area contributed by atoms with Gasteiger partial charge >= 0.3 is 6.09 Å². The third-order valence-electron chi connectivity index (χ3n) is 5.08. The Kier molecular flexibility index (Phi) is 10.4. The van der Waals surface area contributed by atoms with Crippen LogP contribution in [-0.2, 0) is 14.3 Å². The van der Waals surface area contributed by atoms with E-state index in [1.54, 1.807) is 46.8 Å². The predicted molar refractivity (Wildman–Crippen MR) is 130 cm³/mol. The van der Waals surface area contributed by atoms with Crippen LogP contribution in [0.5, 0.6) is 0 Å². The molecule has 1 rings (SSSR count). The van der Waals surface area contributed by atoms with Crippen LogP contribution < -0.4 is 10.6 Å². The third-order valence-corrected chi connectivity index (χ3v) is 5.08. The molecule has 0 aromatic heterocycles. The van der Waals surface area contributed by atoms with Gasteiger partial charge in [0.05, 0.1) is 0 Å². The molecule has 0 bridgehead atoms. The molecule has 0 saturated heterocycles. The van der Waals surface area contributed by atoms with E-state index >= 15 is 0 Å². The molecule has 0 radical (unpaired) electrons. The van der Waals surface area contributed by atoms with Crippen molar-refractivity contribution in [2.45, 2.75) is 92.0 Å². The number of ether oxygens (including phenoxy) is 1. The van der Waals surface area contributed by atoms with Gasteiger partial charge in [-0.05, 0) is 58.1 Å². The molecule has 2 N–H and O–H groups in total. The van der Waals surface area contributed by atoms with E-state index in [1.165, 1.54) is 0 Å². The number of hydrogen-bond donors (Lipinski definition) is 2. The summed E-state index contributed by atoms with van der Waals surface area (Å²) in [5.41, 5.74) is 0.735. The molecule has 7 nitrogen and oxygen atoms in total. The number of alkyl carbamates (subject to hydrolysis) is 1. The molecule has 3 unspecified atom stereocenters. The summed E-state index contributed by atoms with van der Waals surface area (Å²) in [5.74, 6) is -1.21. The zero-order valence-corrected chi connectivity index (χ0v) is 21.2. The molecule has 0 spiro atoms. The minimum Gasteiger partial charge on any atom is -0.444 e. The van der Waals surface area contributed by atoms with Gasteiger partial charge in [-0.3, -0.25) is 14.5 Å². The maximum Gasteiger partial charge on any atom is 0.408 e. The van der Waals surface area contributed by atoms with Gasteiger partial charge in [0.1, 0.15) is 17.7 Å². The summed E-state index contributed by atoms with van der Waals surface area (Å²) in [6, 6.07) is 7.62. The SMILES string of the molecule is C#CN(C(=O)C(NC(=O)OC(C)(C)C)C(C)C)C(C(=O)NC(C)CCC)c1ccccc1C. The van der Waals surface area contributed by atoms with E-state index in [9.17, 15) is 14.4 Å². The summed E-state index contributed by atoms with van der Waals surface area (Å²) in [6.07, 6.45) is 6.77. The average molecular weight is 458 g/mol. The Bertz CT molecular complexity index is 867. The van der Waals surface area contributed by atoms with E-state index in [0.29, 0.717) is 5.56 Å². The number of carbonyl (C=O) groups excluding carboxylic acids is 3. The van der Waals surface area contributed by atoms with E-state index in [1.807, 2.05) is 32.9 Å². The Hall–Kier alpha value is -3.01. The first-order valence-corrected chi connectivity index (χ1v) is 11.5. The van der Waals surface area contributed by atoms with E-state index in [-0.39, 0.29) is 17.9 Å². The Balaban J connectivity index is 3.36. The second kappa shape index (κ2) is 12.3. The van der Waals surface area contributed by atoms with Crippen LogP contribution in [0.3, 0.4) is 0 Å². The number of aryl methyl sites for hydroxylation is 1. The summed E-state index contributed by atoms with van der Waals surface area (Å²) in [5, 5.41) is 5.60. The number of nitrogens with zero attached hydrogens (tertiary/aromatic N) is 1. The molecule has 0 aliphatic carbocycles. The lowest BCUT2D eigenvalue weighted by Crippen LogP contribution is -2.54. The molecule has 7 heteroatoms. The maximum absolute atomic E-state index is 13.6. The lowest BCUT2D eigenvalue weighted by atomic mass is 9.96. The van der Waals surface area contributed by atoms with Gasteiger partial charge in [-0.2, -0.15) is 0 Å². The normalized spacial score (nSPS) is 13.9. The summed E-state index contributed by atoms with van der Waals surface area (Å²) < 4.78 is 5.32. The number of terminal acetylenes is 1. The van der Waals surface area contributed by atoms with Crippen molar-refractivity contribution < 1.29 is 19.1 Å². The second-order valence-electron chi connectivity index (χ2n) is 9.66. The average Bonchev–Trinajstić information content (AvgIpc) is 2.69. The highest BCUT2D eigenvalue weighted by molar-refractivity contribution is 5.93. The topological polar surface area (TPSA) is 87.7 Å². The van der Waals surface area contributed by atoms with Crippen molar-refractivity contribution in [3.8, 4) is 12.5 Å². The van der Waals surface area contributed by atoms with Gasteiger partial charge in [0.25, 0.3) is 5.91 Å². The largest absolute Gasteiger partial charge is 0.444 e. The summed E-state index contributed by atoms with van der Waals surface area (Å²) in [6.45, 7) is 14.6. The molecular weight excluding hydrogens is 418 g/mol. The van der Waals surface area contributed by atoms with Crippen molar-refractivity contribution >= 4 is 17.9 Å². The van der Waals surface area contributed by atoms with Crippen molar-refractivity contribution in [1.29, 1.82) is 0 Å². The molecule has 3 atom stereocenters. The number of benzene rings is 1. The van der Waals surface area contributed by atoms with Crippen LogP contribution >= 0.6 is 0 Å². The zero-order chi connectivity index (χ0) is 25.3. The fourth-order valence-electron chi connectivity index (χ4n) is 3.48. The van der Waals surface area contributed by atoms with Crippen molar-refractivity contribution in [2.75, 3.05) is 0 Å². The van der Waals surface area contributed by atoms with Crippen LogP contribution in [0.1, 0.15) is 78.5 Å². The lowest BCUT2D eigenvalue weighted by molar-refractivity contribution is -0.139. The summed E-state index contributed by atoms with van der Waals surface area (Å²) in [7, 11) is 0. The highest BCUT2D eigenvalue weighted by Crippen LogP contribution is 2.26. The fourth-order valence-corrected chi connectivity index (χ4v) is 3.48. The maximum atomic E-state index is 13.6. The van der Waals surface area contributed by atoms with E-state index in [2.05, 4.69) is 16.7 Å². The number of rotatable bonds is 9. The Labute approximate surface area is 198 Å². The van der Waals surface area contributed by atoms with Crippen LogP contribution in [0.15, 0.2) is 24.3 Å². The number of amides is 3. The van der Waals surface area contributed by atoms with Crippen LogP contribution in [0.2, 0.25) is 0 Å². The molecule has 3 amide bonds. The van der Waals surface area contributed by atoms with Gasteiger partial charge in [0, 0.05) is 12.1 Å². The van der Waals surface area contributed by atoms with Crippen LogP contribution in [-0.4, -0.2) is 40.5 Å². The Morgan fingerprint density at radius 2 is 1.73 bits per heavy atom. The molecule has 0 saturated carbocycles. The molecular formula is C26H39N3O4. The quantitative estimate of drug-likeness (QED) is 0.427. The molecule has 1 aromatic carbocycles. The van der Waals surface area contributed by atoms with Gasteiger partial charge < -0.3 is 15.4 Å². The summed E-state index contributed by atoms with van der Waals surface area (Å²) in [4.78, 5) is 40.4. The number of carbonyl (C=O) groups is 3. The van der Waals surface area contributed by atoms with E-state index < -0.39 is 29.7 Å². The smallest absolute Gasteiger partial charge is 0.408 e. The number of hydrogen-bond acceptors (Lipinski definition) is 4. The molecule has 1 aromatic rings. The van der Waals surface area contributed by atoms with Gasteiger partial charge in [-0.25, -0.2) is 4.79 Å². The Morgan fingerprint density at radius 3 is 2.21 bits per heavy atom. The first-order chi connectivity index (χ1) is 15.3. The molecule has 33 heavy (non-hydrogen) atoms. The second-order valence-corrected chi connectivity index (χ2v) is 9.66. The first-order valence-electron chi connectivity index (χ1n) is 11.5. The first kappa shape index (κ1) is 28.0. The highest BCUT2D eigenvalue weighted by atomic mass is 16.6. The Morgan fingerprint density at radius 1 is 1.12 bits per heavy atom. The molecule has 0 aliphatic heterocycles. The predicted octanol–water partition coefficient (Wildman–Crippen LogP) is 4.31. The monoisotopic (exact) mass is 457 g/mol. The molecule has 0 fully saturated rings. The molecule has 0 heterocycles. The van der Waals surface area contributed by atoms with E-state index in [0.717, 1.165) is 23.3 Å². The number of nitrogens with one attached hydrogen (secondary N) is 2. The molecule has 0 aliphatic rings. The zero-order valence-electron chi connectivity index (χ0n) is 21.2. The van der Waals surface area contributed by atoms with Gasteiger partial charge in [-0.15, -0.1) is 0 Å². The summed E-state index contributed by atoms with van der Waals surface area (Å²) >= 11 is 0. The molecule has 182 valence electrons. The van der Waals surface area contributed by atoms with Crippen molar-refractivity contribution in [1.82, 2.24) is 15.5 Å². The lowest BCUT2D eigenvalue weighted by Gasteiger charge is -2.33. The van der Waals surface area contributed by atoms with Crippen LogP contribution in [0, 0.1) is 25.3 Å².